The largest absolute Gasteiger partial charge is 0.411 e. The van der Waals surface area contributed by atoms with E-state index in [9.17, 15) is 17.6 Å². The van der Waals surface area contributed by atoms with Crippen LogP contribution in [0.1, 0.15) is 5.56 Å². The second kappa shape index (κ2) is 7.04. The van der Waals surface area contributed by atoms with Gasteiger partial charge >= 0.3 is 6.18 Å². The lowest BCUT2D eigenvalue weighted by molar-refractivity contribution is -0.175. The van der Waals surface area contributed by atoms with Gasteiger partial charge in [0, 0.05) is 11.1 Å². The van der Waals surface area contributed by atoms with Crippen LogP contribution in [-0.2, 0) is 11.2 Å². The van der Waals surface area contributed by atoms with Crippen molar-refractivity contribution in [1.82, 2.24) is 5.43 Å². The molecule has 0 spiro atoms. The quantitative estimate of drug-likeness (QED) is 0.482. The fourth-order valence-electron chi connectivity index (χ4n) is 1.45. The van der Waals surface area contributed by atoms with Gasteiger partial charge in [-0.15, -0.1) is 0 Å². The predicted molar refractivity (Wildman–Crippen MR) is 63.1 cm³/mol. The van der Waals surface area contributed by atoms with Crippen LogP contribution in [0.2, 0.25) is 5.02 Å². The standard InChI is InChI=1S/C11H13ClF4N2O/c12-8-1-2-10(13)7(3-8)4-9(18-17)5-19-6-11(14,15)16/h1-3,9,18H,4-6,17H2. The molecule has 3 nitrogen and oxygen atoms in total. The molecular weight excluding hydrogens is 288 g/mol. The molecule has 8 heteroatoms. The van der Waals surface area contributed by atoms with E-state index >= 15 is 0 Å². The average molecular weight is 301 g/mol. The third-order valence-corrected chi connectivity index (χ3v) is 2.53. The number of hydrazine groups is 1. The lowest BCUT2D eigenvalue weighted by Gasteiger charge is -2.17. The first-order valence-electron chi connectivity index (χ1n) is 5.36. The Morgan fingerprint density at radius 1 is 1.37 bits per heavy atom. The summed E-state index contributed by atoms with van der Waals surface area (Å²) >= 11 is 5.71. The van der Waals surface area contributed by atoms with Gasteiger partial charge in [-0.25, -0.2) is 4.39 Å². The minimum Gasteiger partial charge on any atom is -0.370 e. The van der Waals surface area contributed by atoms with Crippen molar-refractivity contribution >= 4 is 11.6 Å². The van der Waals surface area contributed by atoms with Gasteiger partial charge in [0.1, 0.15) is 12.4 Å². The number of nitrogens with one attached hydrogen (secondary N) is 1. The summed E-state index contributed by atoms with van der Waals surface area (Å²) in [5.74, 6) is 4.69. The number of hydrogen-bond donors (Lipinski definition) is 2. The lowest BCUT2D eigenvalue weighted by Crippen LogP contribution is -2.41. The molecule has 1 unspecified atom stereocenters. The molecule has 0 saturated heterocycles. The second-order valence-electron chi connectivity index (χ2n) is 3.93. The van der Waals surface area contributed by atoms with Crippen LogP contribution in [0.3, 0.4) is 0 Å². The molecule has 0 aliphatic rings. The third-order valence-electron chi connectivity index (χ3n) is 2.29. The first-order chi connectivity index (χ1) is 8.81. The van der Waals surface area contributed by atoms with Gasteiger partial charge in [0.15, 0.2) is 0 Å². The van der Waals surface area contributed by atoms with Crippen molar-refractivity contribution in [2.45, 2.75) is 18.6 Å². The molecule has 1 aromatic rings. The number of nitrogens with two attached hydrogens (primary N) is 1. The minimum atomic E-state index is -4.40. The van der Waals surface area contributed by atoms with Gasteiger partial charge < -0.3 is 4.74 Å². The van der Waals surface area contributed by atoms with Crippen molar-refractivity contribution in [3.63, 3.8) is 0 Å². The first-order valence-corrected chi connectivity index (χ1v) is 5.74. The van der Waals surface area contributed by atoms with E-state index in [0.29, 0.717) is 5.02 Å². The Morgan fingerprint density at radius 3 is 2.63 bits per heavy atom. The van der Waals surface area contributed by atoms with Crippen molar-refractivity contribution in [3.8, 4) is 0 Å². The van der Waals surface area contributed by atoms with Crippen LogP contribution in [0.25, 0.3) is 0 Å². The summed E-state index contributed by atoms with van der Waals surface area (Å²) in [6.07, 6.45) is -4.33. The predicted octanol–water partition coefficient (Wildman–Crippen LogP) is 2.43. The maximum absolute atomic E-state index is 13.4. The van der Waals surface area contributed by atoms with Crippen LogP contribution < -0.4 is 11.3 Å². The van der Waals surface area contributed by atoms with Crippen LogP contribution >= 0.6 is 11.6 Å². The maximum atomic E-state index is 13.4. The molecule has 19 heavy (non-hydrogen) atoms. The zero-order chi connectivity index (χ0) is 14.5. The van der Waals surface area contributed by atoms with Crippen LogP contribution in [0.4, 0.5) is 17.6 Å². The third kappa shape index (κ3) is 6.20. The topological polar surface area (TPSA) is 47.3 Å². The normalized spacial score (nSPS) is 13.6. The Morgan fingerprint density at radius 2 is 2.05 bits per heavy atom. The summed E-state index contributed by atoms with van der Waals surface area (Å²) < 4.78 is 53.6. The van der Waals surface area contributed by atoms with E-state index in [0.717, 1.165) is 0 Å². The summed E-state index contributed by atoms with van der Waals surface area (Å²) in [6, 6.07) is 3.31. The number of ether oxygens (including phenoxy) is 1. The Bertz CT molecular complexity index is 414. The zero-order valence-corrected chi connectivity index (χ0v) is 10.6. The summed E-state index contributed by atoms with van der Waals surface area (Å²) in [5.41, 5.74) is 2.54. The molecule has 3 N–H and O–H groups in total. The molecule has 0 bridgehead atoms. The number of alkyl halides is 3. The van der Waals surface area contributed by atoms with E-state index < -0.39 is 24.6 Å². The fraction of sp³-hybridized carbons (Fsp3) is 0.455. The Kier molecular flexibility index (Phi) is 5.99. The number of benzene rings is 1. The first kappa shape index (κ1) is 16.2. The zero-order valence-electron chi connectivity index (χ0n) is 9.81. The summed E-state index contributed by atoms with van der Waals surface area (Å²) in [4.78, 5) is 0. The minimum absolute atomic E-state index is 0.0702. The number of halogens is 5. The Hall–Kier alpha value is -0.890. The summed E-state index contributed by atoms with van der Waals surface area (Å²) in [6.45, 7) is -1.66. The van der Waals surface area contributed by atoms with E-state index in [1.165, 1.54) is 18.2 Å². The molecule has 108 valence electrons. The highest BCUT2D eigenvalue weighted by Crippen LogP contribution is 2.17. The summed E-state index contributed by atoms with van der Waals surface area (Å²) in [7, 11) is 0. The molecule has 0 aliphatic carbocycles. The van der Waals surface area contributed by atoms with Crippen LogP contribution in [0.15, 0.2) is 18.2 Å². The van der Waals surface area contributed by atoms with Gasteiger partial charge in [-0.05, 0) is 30.2 Å². The molecule has 0 radical (unpaired) electrons. The van der Waals surface area contributed by atoms with Gasteiger partial charge in [0.05, 0.1) is 6.61 Å². The maximum Gasteiger partial charge on any atom is 0.411 e. The Balaban J connectivity index is 2.54. The van der Waals surface area contributed by atoms with E-state index in [4.69, 9.17) is 17.4 Å². The van der Waals surface area contributed by atoms with Crippen LogP contribution in [-0.4, -0.2) is 25.4 Å². The highest BCUT2D eigenvalue weighted by atomic mass is 35.5. The molecule has 0 fully saturated rings. The van der Waals surface area contributed by atoms with Gasteiger partial charge in [-0.3, -0.25) is 11.3 Å². The highest BCUT2D eigenvalue weighted by Gasteiger charge is 2.28. The second-order valence-corrected chi connectivity index (χ2v) is 4.37. The number of rotatable bonds is 6. The van der Waals surface area contributed by atoms with Crippen LogP contribution in [0, 0.1) is 5.82 Å². The van der Waals surface area contributed by atoms with E-state index in [1.807, 2.05) is 0 Å². The molecular formula is C11H13ClF4N2O. The van der Waals surface area contributed by atoms with Crippen molar-refractivity contribution in [2.24, 2.45) is 5.84 Å². The van der Waals surface area contributed by atoms with Crippen LogP contribution in [0.5, 0.6) is 0 Å². The van der Waals surface area contributed by atoms with Crippen molar-refractivity contribution in [1.29, 1.82) is 0 Å². The van der Waals surface area contributed by atoms with E-state index in [2.05, 4.69) is 10.2 Å². The smallest absolute Gasteiger partial charge is 0.370 e. The lowest BCUT2D eigenvalue weighted by atomic mass is 10.1. The molecule has 0 aliphatic heterocycles. The van der Waals surface area contributed by atoms with Gasteiger partial charge in [-0.1, -0.05) is 11.6 Å². The molecule has 1 aromatic carbocycles. The van der Waals surface area contributed by atoms with Gasteiger partial charge in [0.2, 0.25) is 0 Å². The monoisotopic (exact) mass is 300 g/mol. The molecule has 0 amide bonds. The summed E-state index contributed by atoms with van der Waals surface area (Å²) in [5, 5.41) is 0.336. The van der Waals surface area contributed by atoms with Gasteiger partial charge in [0.25, 0.3) is 0 Å². The van der Waals surface area contributed by atoms with Gasteiger partial charge in [-0.2, -0.15) is 13.2 Å². The number of hydrogen-bond acceptors (Lipinski definition) is 3. The molecule has 0 heterocycles. The molecule has 1 atom stereocenters. The van der Waals surface area contributed by atoms with Crippen molar-refractivity contribution in [2.75, 3.05) is 13.2 Å². The highest BCUT2D eigenvalue weighted by molar-refractivity contribution is 6.30. The molecule has 0 saturated carbocycles. The Labute approximate surface area is 112 Å². The SMILES string of the molecule is NNC(COCC(F)(F)F)Cc1cc(Cl)ccc1F. The molecule has 0 aromatic heterocycles. The van der Waals surface area contributed by atoms with E-state index in [1.54, 1.807) is 0 Å². The van der Waals surface area contributed by atoms with Crippen molar-refractivity contribution < 1.29 is 22.3 Å². The average Bonchev–Trinajstić information content (AvgIpc) is 2.30. The van der Waals surface area contributed by atoms with Crippen molar-refractivity contribution in [3.05, 3.63) is 34.6 Å². The fourth-order valence-corrected chi connectivity index (χ4v) is 1.64. The van der Waals surface area contributed by atoms with E-state index in [-0.39, 0.29) is 18.6 Å². The molecule has 1 rings (SSSR count).